The molecule has 1 aliphatic rings. The lowest BCUT2D eigenvalue weighted by molar-refractivity contribution is 0.0645. The number of nitroso groups, excluding NO2 is 1. The fourth-order valence-corrected chi connectivity index (χ4v) is 1.59. The second-order valence-electron chi connectivity index (χ2n) is 1.94. The molecular formula is C5H9NO2S. The van der Waals surface area contributed by atoms with Gasteiger partial charge in [0.2, 0.25) is 6.23 Å². The van der Waals surface area contributed by atoms with Crippen molar-refractivity contribution in [3.8, 4) is 0 Å². The van der Waals surface area contributed by atoms with Crippen molar-refractivity contribution in [2.24, 2.45) is 5.18 Å². The van der Waals surface area contributed by atoms with Gasteiger partial charge in [-0.05, 0) is 12.1 Å². The van der Waals surface area contributed by atoms with Gasteiger partial charge in [0.25, 0.3) is 0 Å². The highest BCUT2D eigenvalue weighted by molar-refractivity contribution is 8.00. The quantitative estimate of drug-likeness (QED) is 0.523. The maximum absolute atomic E-state index is 9.98. The monoisotopic (exact) mass is 147 g/mol. The Morgan fingerprint density at radius 3 is 3.00 bits per heavy atom. The van der Waals surface area contributed by atoms with Gasteiger partial charge < -0.3 is 4.74 Å². The Bertz CT molecular complexity index is 109. The van der Waals surface area contributed by atoms with Crippen molar-refractivity contribution in [3.05, 3.63) is 4.91 Å². The van der Waals surface area contributed by atoms with Crippen LogP contribution in [0.15, 0.2) is 5.18 Å². The zero-order valence-corrected chi connectivity index (χ0v) is 6.06. The molecule has 1 heterocycles. The highest BCUT2D eigenvalue weighted by Gasteiger charge is 2.22. The van der Waals surface area contributed by atoms with E-state index in [0.29, 0.717) is 6.61 Å². The predicted octanol–water partition coefficient (Wildman–Crippen LogP) is 1.23. The zero-order chi connectivity index (χ0) is 6.69. The molecule has 3 nitrogen and oxygen atoms in total. The second kappa shape index (κ2) is 3.17. The van der Waals surface area contributed by atoms with Crippen LogP contribution in [0.2, 0.25) is 0 Å². The molecule has 0 N–H and O–H groups in total. The van der Waals surface area contributed by atoms with Gasteiger partial charge >= 0.3 is 0 Å². The van der Waals surface area contributed by atoms with E-state index in [1.165, 1.54) is 0 Å². The van der Waals surface area contributed by atoms with E-state index in [2.05, 4.69) is 5.18 Å². The SMILES string of the molecule is CC1SCCOC1N=O. The Morgan fingerprint density at radius 2 is 2.56 bits per heavy atom. The highest BCUT2D eigenvalue weighted by Crippen LogP contribution is 2.21. The zero-order valence-electron chi connectivity index (χ0n) is 5.24. The summed E-state index contributed by atoms with van der Waals surface area (Å²) in [6.07, 6.45) is -0.413. The van der Waals surface area contributed by atoms with Gasteiger partial charge in [-0.2, -0.15) is 11.8 Å². The van der Waals surface area contributed by atoms with Crippen molar-refractivity contribution < 1.29 is 4.74 Å². The third kappa shape index (κ3) is 1.66. The summed E-state index contributed by atoms with van der Waals surface area (Å²) >= 11 is 1.73. The largest absolute Gasteiger partial charge is 0.351 e. The number of thioether (sulfide) groups is 1. The Hall–Kier alpha value is -0.0900. The summed E-state index contributed by atoms with van der Waals surface area (Å²) in [5.41, 5.74) is 0. The van der Waals surface area contributed by atoms with E-state index in [1.54, 1.807) is 11.8 Å². The first kappa shape index (κ1) is 7.02. The molecule has 9 heavy (non-hydrogen) atoms. The molecule has 1 rings (SSSR count). The van der Waals surface area contributed by atoms with Crippen LogP contribution in [0.1, 0.15) is 6.92 Å². The minimum absolute atomic E-state index is 0.233. The van der Waals surface area contributed by atoms with E-state index in [0.717, 1.165) is 5.75 Å². The van der Waals surface area contributed by atoms with E-state index in [1.807, 2.05) is 6.92 Å². The summed E-state index contributed by atoms with van der Waals surface area (Å²) in [7, 11) is 0. The third-order valence-corrected chi connectivity index (χ3v) is 2.42. The molecule has 1 aliphatic heterocycles. The molecule has 2 atom stereocenters. The van der Waals surface area contributed by atoms with E-state index < -0.39 is 6.23 Å². The van der Waals surface area contributed by atoms with Crippen LogP contribution in [0.25, 0.3) is 0 Å². The van der Waals surface area contributed by atoms with Gasteiger partial charge in [-0.1, -0.05) is 0 Å². The maximum Gasteiger partial charge on any atom is 0.201 e. The van der Waals surface area contributed by atoms with Crippen LogP contribution >= 0.6 is 11.8 Å². The average Bonchev–Trinajstić information content (AvgIpc) is 1.89. The first-order valence-electron chi connectivity index (χ1n) is 2.90. The smallest absolute Gasteiger partial charge is 0.201 e. The first-order valence-corrected chi connectivity index (χ1v) is 3.95. The molecule has 0 aromatic rings. The average molecular weight is 147 g/mol. The van der Waals surface area contributed by atoms with Crippen molar-refractivity contribution in [3.63, 3.8) is 0 Å². The van der Waals surface area contributed by atoms with Crippen LogP contribution < -0.4 is 0 Å². The van der Waals surface area contributed by atoms with Crippen molar-refractivity contribution in [2.75, 3.05) is 12.4 Å². The molecule has 0 aromatic heterocycles. The van der Waals surface area contributed by atoms with Crippen LogP contribution in [-0.2, 0) is 4.74 Å². The van der Waals surface area contributed by atoms with Crippen molar-refractivity contribution in [1.82, 2.24) is 0 Å². The summed E-state index contributed by atoms with van der Waals surface area (Å²) < 4.78 is 5.04. The Morgan fingerprint density at radius 1 is 1.78 bits per heavy atom. The van der Waals surface area contributed by atoms with Crippen molar-refractivity contribution >= 4 is 11.8 Å². The van der Waals surface area contributed by atoms with Crippen LogP contribution in [0, 0.1) is 4.91 Å². The van der Waals surface area contributed by atoms with Crippen molar-refractivity contribution in [2.45, 2.75) is 18.4 Å². The number of nitrogens with zero attached hydrogens (tertiary/aromatic N) is 1. The molecule has 0 bridgehead atoms. The number of hydrogen-bond acceptors (Lipinski definition) is 4. The lowest BCUT2D eigenvalue weighted by atomic mass is 10.4. The molecule has 0 aromatic carbocycles. The Balaban J connectivity index is 2.38. The molecule has 0 saturated carbocycles. The predicted molar refractivity (Wildman–Crippen MR) is 37.5 cm³/mol. The number of hydrogen-bond donors (Lipinski definition) is 0. The molecule has 1 fully saturated rings. The van der Waals surface area contributed by atoms with Crippen LogP contribution in [-0.4, -0.2) is 23.8 Å². The molecule has 0 spiro atoms. The minimum Gasteiger partial charge on any atom is -0.351 e. The normalized spacial score (nSPS) is 36.1. The van der Waals surface area contributed by atoms with Crippen molar-refractivity contribution in [1.29, 1.82) is 0 Å². The Kier molecular flexibility index (Phi) is 2.48. The number of rotatable bonds is 1. The van der Waals surface area contributed by atoms with Gasteiger partial charge in [-0.25, -0.2) is 0 Å². The summed E-state index contributed by atoms with van der Waals surface area (Å²) in [4.78, 5) is 9.98. The first-order chi connectivity index (χ1) is 4.34. The molecule has 2 unspecified atom stereocenters. The van der Waals surface area contributed by atoms with Gasteiger partial charge in [0.05, 0.1) is 11.9 Å². The minimum atomic E-state index is -0.413. The maximum atomic E-state index is 9.98. The molecule has 52 valence electrons. The second-order valence-corrected chi connectivity index (χ2v) is 3.43. The molecule has 0 amide bonds. The topological polar surface area (TPSA) is 38.7 Å². The van der Waals surface area contributed by atoms with Crippen LogP contribution in [0.5, 0.6) is 0 Å². The standard InChI is InChI=1S/C5H9NO2S/c1-4-5(6-7)8-2-3-9-4/h4-5H,2-3H2,1H3. The summed E-state index contributed by atoms with van der Waals surface area (Å²) in [5, 5.41) is 3.07. The molecule has 0 radical (unpaired) electrons. The fourth-order valence-electron chi connectivity index (χ4n) is 0.737. The lowest BCUT2D eigenvalue weighted by Crippen LogP contribution is -2.27. The molecule has 1 saturated heterocycles. The van der Waals surface area contributed by atoms with E-state index in [4.69, 9.17) is 4.74 Å². The number of ether oxygens (including phenoxy) is 1. The van der Waals surface area contributed by atoms with Gasteiger partial charge in [0.1, 0.15) is 0 Å². The molecule has 0 aliphatic carbocycles. The fraction of sp³-hybridized carbons (Fsp3) is 1.00. The Labute approximate surface area is 58.1 Å². The highest BCUT2D eigenvalue weighted by atomic mass is 32.2. The van der Waals surface area contributed by atoms with Gasteiger partial charge in [0.15, 0.2) is 0 Å². The molecular weight excluding hydrogens is 138 g/mol. The molecule has 4 heteroatoms. The lowest BCUT2D eigenvalue weighted by Gasteiger charge is -2.22. The van der Waals surface area contributed by atoms with E-state index in [9.17, 15) is 4.91 Å². The van der Waals surface area contributed by atoms with E-state index >= 15 is 0 Å². The van der Waals surface area contributed by atoms with Crippen LogP contribution in [0.3, 0.4) is 0 Å². The van der Waals surface area contributed by atoms with Gasteiger partial charge in [-0.3, -0.25) is 0 Å². The summed E-state index contributed by atoms with van der Waals surface area (Å²) in [6.45, 7) is 2.61. The summed E-state index contributed by atoms with van der Waals surface area (Å²) in [5.74, 6) is 0.979. The summed E-state index contributed by atoms with van der Waals surface area (Å²) in [6, 6.07) is 0. The van der Waals surface area contributed by atoms with Gasteiger partial charge in [0, 0.05) is 5.75 Å². The van der Waals surface area contributed by atoms with Crippen LogP contribution in [0.4, 0.5) is 0 Å². The third-order valence-electron chi connectivity index (χ3n) is 1.26. The van der Waals surface area contributed by atoms with E-state index in [-0.39, 0.29) is 5.25 Å². The van der Waals surface area contributed by atoms with Gasteiger partial charge in [-0.15, -0.1) is 4.91 Å².